The number of likely N-dealkylation sites (N-methyl/N-ethyl adjacent to an activating group) is 1. The van der Waals surface area contributed by atoms with Crippen molar-refractivity contribution in [3.63, 3.8) is 0 Å². The van der Waals surface area contributed by atoms with Crippen molar-refractivity contribution in [1.29, 1.82) is 0 Å². The molecule has 0 radical (unpaired) electrons. The predicted octanol–water partition coefficient (Wildman–Crippen LogP) is 8.84. The van der Waals surface area contributed by atoms with Crippen molar-refractivity contribution in [2.24, 2.45) is 0 Å². The number of nitrogens with zero attached hydrogens (tertiary/aromatic N) is 1. The summed E-state index contributed by atoms with van der Waals surface area (Å²) in [6, 6.07) is 0. The summed E-state index contributed by atoms with van der Waals surface area (Å²) in [4.78, 5) is 10.0. The Morgan fingerprint density at radius 3 is 1.73 bits per heavy atom. The summed E-state index contributed by atoms with van der Waals surface area (Å²) >= 11 is 0. The Bertz CT molecular complexity index is 644. The van der Waals surface area contributed by atoms with E-state index in [0.29, 0.717) is 24.2 Å². The molecule has 0 heterocycles. The van der Waals surface area contributed by atoms with E-state index in [4.69, 9.17) is 18.5 Å². The first-order chi connectivity index (χ1) is 18.8. The second-order valence-electron chi connectivity index (χ2n) is 13.2. The van der Waals surface area contributed by atoms with Gasteiger partial charge in [0.15, 0.2) is 0 Å². The Morgan fingerprint density at radius 1 is 0.725 bits per heavy atom. The lowest BCUT2D eigenvalue weighted by Crippen LogP contribution is -2.37. The van der Waals surface area contributed by atoms with Gasteiger partial charge in [0.25, 0.3) is 0 Å². The maximum absolute atomic E-state index is 12.2. The summed E-state index contributed by atoms with van der Waals surface area (Å²) < 4.78 is 35.0. The van der Waals surface area contributed by atoms with Crippen LogP contribution in [0.25, 0.3) is 0 Å². The van der Waals surface area contributed by atoms with Crippen LogP contribution >= 0.6 is 7.82 Å². The van der Waals surface area contributed by atoms with E-state index in [9.17, 15) is 9.46 Å². The summed E-state index contributed by atoms with van der Waals surface area (Å²) in [6.07, 6.45) is 25.1. The van der Waals surface area contributed by atoms with E-state index < -0.39 is 19.5 Å². The van der Waals surface area contributed by atoms with E-state index >= 15 is 0 Å². The van der Waals surface area contributed by atoms with Gasteiger partial charge < -0.3 is 18.9 Å². The predicted molar refractivity (Wildman–Crippen MR) is 169 cm³/mol. The zero-order valence-electron chi connectivity index (χ0n) is 27.5. The van der Waals surface area contributed by atoms with Gasteiger partial charge in [-0.3, -0.25) is 9.05 Å². The van der Waals surface area contributed by atoms with Crippen LogP contribution in [0.4, 0.5) is 0 Å². The number of allylic oxidation sites excluding steroid dienone is 2. The van der Waals surface area contributed by atoms with Gasteiger partial charge in [-0.2, -0.15) is 0 Å². The SMILES string of the molecule is CCCCCCCC=CCCCCCCCCCCCOC[C@H](COP(=O)(O)OCC[N+](C)(C)C)OC(C)(C)C. The van der Waals surface area contributed by atoms with Crippen LogP contribution in [0.2, 0.25) is 0 Å². The molecule has 0 aromatic rings. The fraction of sp³-hybridized carbons (Fsp3) is 0.938. The van der Waals surface area contributed by atoms with Crippen molar-refractivity contribution in [1.82, 2.24) is 0 Å². The standard InChI is InChI=1S/C32H66NO6P/c1-8-9-10-11-12-13-14-15-16-17-18-19-20-21-22-23-24-25-27-36-29-31(39-32(2,3)4)30-38-40(34,35)37-28-26-33(5,6)7/h14-15,31H,8-13,16-30H2,1-7H3/p+1/t31-/m1/s1. The molecule has 0 aliphatic rings. The Morgan fingerprint density at radius 2 is 1.23 bits per heavy atom. The Balaban J connectivity index is 3.80. The van der Waals surface area contributed by atoms with Crippen LogP contribution in [0.1, 0.15) is 130 Å². The highest BCUT2D eigenvalue weighted by Crippen LogP contribution is 2.43. The van der Waals surface area contributed by atoms with Gasteiger partial charge in [0.2, 0.25) is 0 Å². The number of rotatable bonds is 28. The molecule has 0 rings (SSSR count). The largest absolute Gasteiger partial charge is 0.472 e. The molecule has 1 unspecified atom stereocenters. The third-order valence-electron chi connectivity index (χ3n) is 6.56. The number of phosphoric ester groups is 1. The molecular weight excluding hydrogens is 525 g/mol. The Kier molecular flexibility index (Phi) is 24.0. The summed E-state index contributed by atoms with van der Waals surface area (Å²) in [6.45, 7) is 9.80. The van der Waals surface area contributed by atoms with Gasteiger partial charge in [0.1, 0.15) is 19.3 Å². The van der Waals surface area contributed by atoms with Gasteiger partial charge in [0, 0.05) is 6.61 Å². The van der Waals surface area contributed by atoms with Crippen molar-refractivity contribution in [2.45, 2.75) is 142 Å². The Hall–Kier alpha value is -0.270. The van der Waals surface area contributed by atoms with E-state index in [1.165, 1.54) is 89.9 Å². The first kappa shape index (κ1) is 39.7. The minimum absolute atomic E-state index is 0.0508. The first-order valence-corrected chi connectivity index (χ1v) is 17.7. The number of ether oxygens (including phenoxy) is 2. The number of quaternary nitrogens is 1. The minimum Gasteiger partial charge on any atom is -0.379 e. The molecule has 240 valence electrons. The van der Waals surface area contributed by atoms with Crippen molar-refractivity contribution in [2.75, 3.05) is 54.1 Å². The van der Waals surface area contributed by atoms with Crippen LogP contribution in [0.3, 0.4) is 0 Å². The van der Waals surface area contributed by atoms with E-state index in [1.54, 1.807) is 0 Å². The van der Waals surface area contributed by atoms with Crippen molar-refractivity contribution in [3.05, 3.63) is 12.2 Å². The molecule has 40 heavy (non-hydrogen) atoms. The average Bonchev–Trinajstić information content (AvgIpc) is 2.84. The van der Waals surface area contributed by atoms with Crippen LogP contribution in [0.15, 0.2) is 12.2 Å². The molecule has 0 fully saturated rings. The highest BCUT2D eigenvalue weighted by Gasteiger charge is 2.27. The van der Waals surface area contributed by atoms with Crippen LogP contribution in [-0.4, -0.2) is 75.2 Å². The van der Waals surface area contributed by atoms with Gasteiger partial charge >= 0.3 is 7.82 Å². The average molecular weight is 593 g/mol. The van der Waals surface area contributed by atoms with Crippen molar-refractivity contribution in [3.8, 4) is 0 Å². The molecule has 0 amide bonds. The number of hydrogen-bond acceptors (Lipinski definition) is 5. The Labute approximate surface area is 248 Å². The monoisotopic (exact) mass is 592 g/mol. The molecule has 0 spiro atoms. The summed E-state index contributed by atoms with van der Waals surface area (Å²) in [5, 5.41) is 0. The van der Waals surface area contributed by atoms with Gasteiger partial charge in [-0.25, -0.2) is 4.57 Å². The van der Waals surface area contributed by atoms with E-state index in [-0.39, 0.29) is 13.2 Å². The molecule has 0 bridgehead atoms. The molecule has 0 aromatic carbocycles. The molecule has 0 saturated carbocycles. The second-order valence-corrected chi connectivity index (χ2v) is 14.6. The lowest BCUT2D eigenvalue weighted by atomic mass is 10.1. The number of unbranched alkanes of at least 4 members (excludes halogenated alkanes) is 14. The summed E-state index contributed by atoms with van der Waals surface area (Å²) in [5.41, 5.74) is -0.411. The van der Waals surface area contributed by atoms with E-state index in [2.05, 4.69) is 19.1 Å². The van der Waals surface area contributed by atoms with Gasteiger partial charge in [0.05, 0.1) is 40.0 Å². The minimum atomic E-state index is -4.13. The fourth-order valence-electron chi connectivity index (χ4n) is 4.28. The smallest absolute Gasteiger partial charge is 0.379 e. The zero-order chi connectivity index (χ0) is 30.2. The topological polar surface area (TPSA) is 74.2 Å². The number of phosphoric acid groups is 1. The molecule has 0 aliphatic carbocycles. The third-order valence-corrected chi connectivity index (χ3v) is 7.55. The highest BCUT2D eigenvalue weighted by molar-refractivity contribution is 7.47. The normalized spacial score (nSPS) is 15.1. The third kappa shape index (κ3) is 30.7. The van der Waals surface area contributed by atoms with Crippen LogP contribution in [0, 0.1) is 0 Å². The molecule has 8 heteroatoms. The van der Waals surface area contributed by atoms with E-state index in [0.717, 1.165) is 12.8 Å². The molecule has 0 aromatic heterocycles. The molecule has 0 aliphatic heterocycles. The highest BCUT2D eigenvalue weighted by atomic mass is 31.2. The summed E-state index contributed by atoms with van der Waals surface area (Å²) in [5.74, 6) is 0. The zero-order valence-corrected chi connectivity index (χ0v) is 28.4. The van der Waals surface area contributed by atoms with Gasteiger partial charge in [-0.15, -0.1) is 0 Å². The second kappa shape index (κ2) is 24.2. The summed E-state index contributed by atoms with van der Waals surface area (Å²) in [7, 11) is 1.86. The fourth-order valence-corrected chi connectivity index (χ4v) is 5.02. The maximum Gasteiger partial charge on any atom is 0.472 e. The molecule has 2 atom stereocenters. The van der Waals surface area contributed by atoms with Crippen LogP contribution in [-0.2, 0) is 23.1 Å². The van der Waals surface area contributed by atoms with Crippen LogP contribution in [0.5, 0.6) is 0 Å². The van der Waals surface area contributed by atoms with Gasteiger partial charge in [-0.05, 0) is 52.9 Å². The molecule has 1 N–H and O–H groups in total. The first-order valence-electron chi connectivity index (χ1n) is 16.2. The van der Waals surface area contributed by atoms with Gasteiger partial charge in [-0.1, -0.05) is 89.7 Å². The lowest BCUT2D eigenvalue weighted by molar-refractivity contribution is -0.870. The van der Waals surface area contributed by atoms with Crippen molar-refractivity contribution < 1.29 is 32.5 Å². The molecular formula is C32H67NO6P+. The number of hydrogen-bond donors (Lipinski definition) is 1. The quantitative estimate of drug-likeness (QED) is 0.0423. The van der Waals surface area contributed by atoms with E-state index in [1.807, 2.05) is 41.9 Å². The molecule has 7 nitrogen and oxygen atoms in total. The maximum atomic E-state index is 12.2. The van der Waals surface area contributed by atoms with Crippen LogP contribution < -0.4 is 0 Å². The molecule has 0 saturated heterocycles. The van der Waals surface area contributed by atoms with Crippen molar-refractivity contribution >= 4 is 7.82 Å². The lowest BCUT2D eigenvalue weighted by Gasteiger charge is -2.28.